The molecule has 0 saturated carbocycles. The summed E-state index contributed by atoms with van der Waals surface area (Å²) in [5.74, 6) is -0.0531. The lowest BCUT2D eigenvalue weighted by molar-refractivity contribution is 0.171. The van der Waals surface area contributed by atoms with Gasteiger partial charge in [0.1, 0.15) is 5.82 Å². The third-order valence-electron chi connectivity index (χ3n) is 2.97. The monoisotopic (exact) mass is 259 g/mol. The van der Waals surface area contributed by atoms with Crippen molar-refractivity contribution in [2.45, 2.75) is 19.4 Å². The number of benzene rings is 1. The lowest BCUT2D eigenvalue weighted by atomic mass is 9.92. The van der Waals surface area contributed by atoms with E-state index in [4.69, 9.17) is 16.3 Å². The molecular formula is C13H19ClFNO. The van der Waals surface area contributed by atoms with Gasteiger partial charge in [0.15, 0.2) is 0 Å². The Bertz CT molecular complexity index is 359. The standard InChI is InChI=1S/C13H19ClFNO/c1-9(7-8-17-3)13(16-2)10-5-4-6-11(15)12(10)14/h4-6,9,13,16H,7-8H2,1-3H3. The molecule has 2 unspecified atom stereocenters. The SMILES string of the molecule is CNC(c1cccc(F)c1Cl)C(C)CCOC. The number of hydrogen-bond acceptors (Lipinski definition) is 2. The third kappa shape index (κ3) is 3.66. The van der Waals surface area contributed by atoms with Crippen LogP contribution < -0.4 is 5.32 Å². The van der Waals surface area contributed by atoms with Crippen molar-refractivity contribution < 1.29 is 9.13 Å². The molecule has 0 bridgehead atoms. The fourth-order valence-electron chi connectivity index (χ4n) is 1.98. The topological polar surface area (TPSA) is 21.3 Å². The van der Waals surface area contributed by atoms with E-state index in [1.54, 1.807) is 13.2 Å². The number of rotatable bonds is 6. The average Bonchev–Trinajstić information content (AvgIpc) is 2.32. The first-order valence-electron chi connectivity index (χ1n) is 5.72. The number of nitrogens with one attached hydrogen (secondary N) is 1. The molecule has 1 aromatic rings. The molecule has 1 rings (SSSR count). The van der Waals surface area contributed by atoms with Crippen LogP contribution in [0.4, 0.5) is 4.39 Å². The van der Waals surface area contributed by atoms with Gasteiger partial charge in [0, 0.05) is 19.8 Å². The van der Waals surface area contributed by atoms with Gasteiger partial charge in [-0.2, -0.15) is 0 Å². The summed E-state index contributed by atoms with van der Waals surface area (Å²) >= 11 is 6.00. The molecule has 0 amide bonds. The molecule has 1 aromatic carbocycles. The average molecular weight is 260 g/mol. The van der Waals surface area contributed by atoms with Crippen molar-refractivity contribution in [3.63, 3.8) is 0 Å². The predicted molar refractivity (Wildman–Crippen MR) is 68.9 cm³/mol. The van der Waals surface area contributed by atoms with Crippen molar-refractivity contribution in [3.8, 4) is 0 Å². The molecule has 96 valence electrons. The van der Waals surface area contributed by atoms with Gasteiger partial charge >= 0.3 is 0 Å². The second-order valence-electron chi connectivity index (χ2n) is 4.17. The van der Waals surface area contributed by atoms with Crippen LogP contribution in [0.3, 0.4) is 0 Å². The van der Waals surface area contributed by atoms with Crippen molar-refractivity contribution in [1.29, 1.82) is 0 Å². The zero-order valence-electron chi connectivity index (χ0n) is 10.5. The summed E-state index contributed by atoms with van der Waals surface area (Å²) in [5.41, 5.74) is 0.803. The van der Waals surface area contributed by atoms with E-state index < -0.39 is 0 Å². The summed E-state index contributed by atoms with van der Waals surface area (Å²) in [4.78, 5) is 0. The quantitative estimate of drug-likeness (QED) is 0.845. The molecule has 17 heavy (non-hydrogen) atoms. The van der Waals surface area contributed by atoms with E-state index in [1.165, 1.54) is 6.07 Å². The van der Waals surface area contributed by atoms with Crippen LogP contribution in [-0.2, 0) is 4.74 Å². The van der Waals surface area contributed by atoms with Gasteiger partial charge in [-0.25, -0.2) is 4.39 Å². The van der Waals surface area contributed by atoms with E-state index in [2.05, 4.69) is 12.2 Å². The van der Waals surface area contributed by atoms with E-state index >= 15 is 0 Å². The molecular weight excluding hydrogens is 241 g/mol. The highest BCUT2D eigenvalue weighted by Gasteiger charge is 2.21. The van der Waals surface area contributed by atoms with Gasteiger partial charge in [0.2, 0.25) is 0 Å². The maximum atomic E-state index is 13.4. The summed E-state index contributed by atoms with van der Waals surface area (Å²) in [6.07, 6.45) is 0.898. The van der Waals surface area contributed by atoms with Crippen molar-refractivity contribution in [1.82, 2.24) is 5.32 Å². The zero-order valence-corrected chi connectivity index (χ0v) is 11.2. The number of methoxy groups -OCH3 is 1. The van der Waals surface area contributed by atoms with Crippen molar-refractivity contribution in [3.05, 3.63) is 34.6 Å². The molecule has 0 aromatic heterocycles. The van der Waals surface area contributed by atoms with E-state index in [0.29, 0.717) is 12.5 Å². The summed E-state index contributed by atoms with van der Waals surface area (Å²) in [7, 11) is 3.53. The second kappa shape index (κ2) is 6.94. The Kier molecular flexibility index (Phi) is 5.89. The van der Waals surface area contributed by atoms with E-state index in [1.807, 2.05) is 13.1 Å². The zero-order chi connectivity index (χ0) is 12.8. The van der Waals surface area contributed by atoms with E-state index in [9.17, 15) is 4.39 Å². The van der Waals surface area contributed by atoms with Gasteiger partial charge in [-0.3, -0.25) is 0 Å². The molecule has 0 aliphatic carbocycles. The molecule has 0 heterocycles. The predicted octanol–water partition coefficient (Wildman–Crippen LogP) is 3.41. The molecule has 0 saturated heterocycles. The van der Waals surface area contributed by atoms with Gasteiger partial charge in [0.25, 0.3) is 0 Å². The summed E-state index contributed by atoms with van der Waals surface area (Å²) in [5, 5.41) is 3.39. The number of hydrogen-bond donors (Lipinski definition) is 1. The van der Waals surface area contributed by atoms with Gasteiger partial charge in [-0.1, -0.05) is 30.7 Å². The fraction of sp³-hybridized carbons (Fsp3) is 0.538. The Morgan fingerprint density at radius 1 is 1.47 bits per heavy atom. The van der Waals surface area contributed by atoms with Crippen LogP contribution >= 0.6 is 11.6 Å². The fourth-order valence-corrected chi connectivity index (χ4v) is 2.22. The first kappa shape index (κ1) is 14.4. The minimum absolute atomic E-state index is 0.0355. The summed E-state index contributed by atoms with van der Waals surface area (Å²) in [6, 6.07) is 4.95. The summed E-state index contributed by atoms with van der Waals surface area (Å²) in [6.45, 7) is 2.79. The Labute approximate surface area is 107 Å². The highest BCUT2D eigenvalue weighted by Crippen LogP contribution is 2.31. The van der Waals surface area contributed by atoms with Crippen LogP contribution in [-0.4, -0.2) is 20.8 Å². The van der Waals surface area contributed by atoms with Crippen LogP contribution in [0, 0.1) is 11.7 Å². The van der Waals surface area contributed by atoms with E-state index in [-0.39, 0.29) is 16.9 Å². The number of halogens is 2. The Hall–Kier alpha value is -0.640. The smallest absolute Gasteiger partial charge is 0.142 e. The first-order valence-corrected chi connectivity index (χ1v) is 6.09. The van der Waals surface area contributed by atoms with Crippen LogP contribution in [0.2, 0.25) is 5.02 Å². The maximum Gasteiger partial charge on any atom is 0.142 e. The van der Waals surface area contributed by atoms with Gasteiger partial charge in [-0.15, -0.1) is 0 Å². The second-order valence-corrected chi connectivity index (χ2v) is 4.55. The Morgan fingerprint density at radius 3 is 2.76 bits per heavy atom. The molecule has 2 nitrogen and oxygen atoms in total. The molecule has 1 N–H and O–H groups in total. The normalized spacial score (nSPS) is 14.6. The summed E-state index contributed by atoms with van der Waals surface area (Å²) < 4.78 is 18.5. The maximum absolute atomic E-state index is 13.4. The highest BCUT2D eigenvalue weighted by molar-refractivity contribution is 6.31. The first-order chi connectivity index (χ1) is 8.11. The van der Waals surface area contributed by atoms with Gasteiger partial charge in [-0.05, 0) is 31.0 Å². The third-order valence-corrected chi connectivity index (χ3v) is 3.37. The molecule has 2 atom stereocenters. The molecule has 0 aliphatic heterocycles. The van der Waals surface area contributed by atoms with Crippen molar-refractivity contribution >= 4 is 11.6 Å². The molecule has 0 radical (unpaired) electrons. The van der Waals surface area contributed by atoms with Crippen LogP contribution in [0.1, 0.15) is 24.9 Å². The Morgan fingerprint density at radius 2 is 2.18 bits per heavy atom. The minimum atomic E-state index is -0.372. The van der Waals surface area contributed by atoms with Gasteiger partial charge < -0.3 is 10.1 Å². The lowest BCUT2D eigenvalue weighted by Crippen LogP contribution is -2.25. The number of ether oxygens (including phenoxy) is 1. The van der Waals surface area contributed by atoms with Crippen LogP contribution in [0.25, 0.3) is 0 Å². The van der Waals surface area contributed by atoms with Crippen LogP contribution in [0.5, 0.6) is 0 Å². The van der Waals surface area contributed by atoms with Crippen LogP contribution in [0.15, 0.2) is 18.2 Å². The minimum Gasteiger partial charge on any atom is -0.385 e. The highest BCUT2D eigenvalue weighted by atomic mass is 35.5. The Balaban J connectivity index is 2.89. The van der Waals surface area contributed by atoms with Crippen molar-refractivity contribution in [2.75, 3.05) is 20.8 Å². The van der Waals surface area contributed by atoms with E-state index in [0.717, 1.165) is 12.0 Å². The van der Waals surface area contributed by atoms with Gasteiger partial charge in [0.05, 0.1) is 5.02 Å². The molecule has 0 spiro atoms. The van der Waals surface area contributed by atoms with Crippen molar-refractivity contribution in [2.24, 2.45) is 5.92 Å². The lowest BCUT2D eigenvalue weighted by Gasteiger charge is -2.24. The molecule has 0 fully saturated rings. The largest absolute Gasteiger partial charge is 0.385 e. The molecule has 4 heteroatoms. The molecule has 0 aliphatic rings.